The van der Waals surface area contributed by atoms with Gasteiger partial charge in [0.25, 0.3) is 0 Å². The van der Waals surface area contributed by atoms with E-state index >= 15 is 0 Å². The number of aromatic hydroxyl groups is 1. The molecule has 0 aliphatic carbocycles. The Morgan fingerprint density at radius 3 is 2.77 bits per heavy atom. The van der Waals surface area contributed by atoms with E-state index in [0.29, 0.717) is 30.2 Å². The van der Waals surface area contributed by atoms with Gasteiger partial charge in [0, 0.05) is 11.4 Å². The van der Waals surface area contributed by atoms with Crippen LogP contribution in [0.15, 0.2) is 42.5 Å². The van der Waals surface area contributed by atoms with Crippen LogP contribution in [-0.2, 0) is 4.79 Å². The van der Waals surface area contributed by atoms with Crippen molar-refractivity contribution in [3.63, 3.8) is 0 Å². The fourth-order valence-corrected chi connectivity index (χ4v) is 2.21. The van der Waals surface area contributed by atoms with E-state index in [1.54, 1.807) is 24.3 Å². The van der Waals surface area contributed by atoms with Gasteiger partial charge in [-0.1, -0.05) is 23.7 Å². The molecule has 22 heavy (non-hydrogen) atoms. The molecular weight excluding hydrogens is 302 g/mol. The summed E-state index contributed by atoms with van der Waals surface area (Å²) in [4.78, 5) is 11.8. The third-order valence-corrected chi connectivity index (χ3v) is 3.36. The maximum atomic E-state index is 11.8. The molecule has 0 heterocycles. The zero-order valence-corrected chi connectivity index (χ0v) is 13.1. The molecule has 5 heteroatoms. The molecule has 0 aliphatic rings. The highest BCUT2D eigenvalue weighted by molar-refractivity contribution is 6.30. The Morgan fingerprint density at radius 2 is 2.05 bits per heavy atom. The van der Waals surface area contributed by atoms with Crippen molar-refractivity contribution in [1.82, 2.24) is 0 Å². The number of ether oxygens (including phenoxy) is 1. The molecule has 0 aliphatic heterocycles. The van der Waals surface area contributed by atoms with E-state index < -0.39 is 0 Å². The second-order valence-electron chi connectivity index (χ2n) is 4.93. The minimum Gasteiger partial charge on any atom is -0.506 e. The van der Waals surface area contributed by atoms with E-state index in [-0.39, 0.29) is 11.7 Å². The number of hydrogen-bond donors (Lipinski definition) is 2. The van der Waals surface area contributed by atoms with Gasteiger partial charge >= 0.3 is 0 Å². The number of amides is 1. The van der Waals surface area contributed by atoms with Crippen LogP contribution >= 0.6 is 11.6 Å². The molecule has 0 fully saturated rings. The van der Waals surface area contributed by atoms with E-state index in [4.69, 9.17) is 16.3 Å². The van der Waals surface area contributed by atoms with Crippen molar-refractivity contribution in [1.29, 1.82) is 0 Å². The first-order valence-corrected chi connectivity index (χ1v) is 7.41. The van der Waals surface area contributed by atoms with E-state index in [0.717, 1.165) is 11.3 Å². The van der Waals surface area contributed by atoms with Crippen LogP contribution in [0.25, 0.3) is 0 Å². The number of hydrogen-bond acceptors (Lipinski definition) is 3. The lowest BCUT2D eigenvalue weighted by atomic mass is 10.2. The van der Waals surface area contributed by atoms with Gasteiger partial charge in [0.1, 0.15) is 11.5 Å². The minimum absolute atomic E-state index is 0.0592. The van der Waals surface area contributed by atoms with E-state index in [9.17, 15) is 9.90 Å². The predicted octanol–water partition coefficient (Wildman–Crippen LogP) is 4.15. The van der Waals surface area contributed by atoms with E-state index in [1.165, 1.54) is 6.07 Å². The smallest absolute Gasteiger partial charge is 0.224 e. The van der Waals surface area contributed by atoms with Gasteiger partial charge in [-0.15, -0.1) is 0 Å². The SMILES string of the molecule is Cc1cc(Cl)ccc1OCCCC(=O)Nc1ccccc1O. The maximum absolute atomic E-state index is 11.8. The third-order valence-electron chi connectivity index (χ3n) is 3.12. The number of anilines is 1. The average Bonchev–Trinajstić information content (AvgIpc) is 2.48. The summed E-state index contributed by atoms with van der Waals surface area (Å²) in [5.41, 5.74) is 1.38. The number of phenolic OH excluding ortho intramolecular Hbond substituents is 1. The number of nitrogens with one attached hydrogen (secondary N) is 1. The van der Waals surface area contributed by atoms with Gasteiger partial charge in [0.2, 0.25) is 5.91 Å². The summed E-state index contributed by atoms with van der Waals surface area (Å²) in [5, 5.41) is 12.9. The van der Waals surface area contributed by atoms with Crippen molar-refractivity contribution in [3.05, 3.63) is 53.1 Å². The van der Waals surface area contributed by atoms with Crippen LogP contribution in [0.4, 0.5) is 5.69 Å². The molecule has 1 amide bonds. The standard InChI is InChI=1S/C17H18ClNO3/c1-12-11-13(18)8-9-16(12)22-10-4-7-17(21)19-14-5-2-3-6-15(14)20/h2-3,5-6,8-9,11,20H,4,7,10H2,1H3,(H,19,21). The Morgan fingerprint density at radius 1 is 1.27 bits per heavy atom. The van der Waals surface area contributed by atoms with Gasteiger partial charge in [-0.25, -0.2) is 0 Å². The molecule has 2 aromatic carbocycles. The molecule has 0 saturated heterocycles. The number of phenols is 1. The normalized spacial score (nSPS) is 10.3. The maximum Gasteiger partial charge on any atom is 0.224 e. The van der Waals surface area contributed by atoms with Gasteiger partial charge in [-0.2, -0.15) is 0 Å². The van der Waals surface area contributed by atoms with Gasteiger partial charge in [-0.05, 0) is 49.2 Å². The van der Waals surface area contributed by atoms with Crippen LogP contribution in [0.1, 0.15) is 18.4 Å². The molecular formula is C17H18ClNO3. The molecule has 0 atom stereocenters. The number of halogens is 1. The largest absolute Gasteiger partial charge is 0.506 e. The zero-order chi connectivity index (χ0) is 15.9. The molecule has 2 rings (SSSR count). The summed E-state index contributed by atoms with van der Waals surface area (Å²) in [6, 6.07) is 12.1. The van der Waals surface area contributed by atoms with Gasteiger partial charge in [-0.3, -0.25) is 4.79 Å². The lowest BCUT2D eigenvalue weighted by molar-refractivity contribution is -0.116. The molecule has 0 radical (unpaired) electrons. The zero-order valence-electron chi connectivity index (χ0n) is 12.3. The average molecular weight is 320 g/mol. The molecule has 2 N–H and O–H groups in total. The number of rotatable bonds is 6. The molecule has 0 aromatic heterocycles. The van der Waals surface area contributed by atoms with Crippen LogP contribution in [0.5, 0.6) is 11.5 Å². The molecule has 0 unspecified atom stereocenters. The molecule has 4 nitrogen and oxygen atoms in total. The van der Waals surface area contributed by atoms with Crippen LogP contribution < -0.4 is 10.1 Å². The fourth-order valence-electron chi connectivity index (χ4n) is 1.98. The lowest BCUT2D eigenvalue weighted by Crippen LogP contribution is -2.13. The fraction of sp³-hybridized carbons (Fsp3) is 0.235. The summed E-state index contributed by atoms with van der Waals surface area (Å²) in [6.45, 7) is 2.36. The van der Waals surface area contributed by atoms with Crippen molar-refractivity contribution in [3.8, 4) is 11.5 Å². The first-order chi connectivity index (χ1) is 10.6. The molecule has 0 spiro atoms. The summed E-state index contributed by atoms with van der Waals surface area (Å²) in [7, 11) is 0. The highest BCUT2D eigenvalue weighted by Gasteiger charge is 2.06. The van der Waals surface area contributed by atoms with Crippen LogP contribution in [0.3, 0.4) is 0 Å². The van der Waals surface area contributed by atoms with Crippen molar-refractivity contribution in [2.24, 2.45) is 0 Å². The van der Waals surface area contributed by atoms with E-state index in [2.05, 4.69) is 5.32 Å². The Kier molecular flexibility index (Phi) is 5.67. The third kappa shape index (κ3) is 4.67. The van der Waals surface area contributed by atoms with Gasteiger partial charge < -0.3 is 15.2 Å². The summed E-state index contributed by atoms with van der Waals surface area (Å²) < 4.78 is 5.63. The molecule has 116 valence electrons. The molecule has 0 bridgehead atoms. The molecule has 2 aromatic rings. The highest BCUT2D eigenvalue weighted by atomic mass is 35.5. The van der Waals surface area contributed by atoms with Crippen LogP contribution in [0, 0.1) is 6.92 Å². The second kappa shape index (κ2) is 7.71. The number of carbonyl (C=O) groups excluding carboxylic acids is 1. The summed E-state index contributed by atoms with van der Waals surface area (Å²) in [6.07, 6.45) is 0.905. The lowest BCUT2D eigenvalue weighted by Gasteiger charge is -2.10. The number of para-hydroxylation sites is 2. The first-order valence-electron chi connectivity index (χ1n) is 7.03. The first kappa shape index (κ1) is 16.2. The monoisotopic (exact) mass is 319 g/mol. The predicted molar refractivity (Wildman–Crippen MR) is 87.7 cm³/mol. The Bertz CT molecular complexity index is 658. The van der Waals surface area contributed by atoms with Crippen molar-refractivity contribution >= 4 is 23.2 Å². The summed E-state index contributed by atoms with van der Waals surface area (Å²) >= 11 is 5.88. The van der Waals surface area contributed by atoms with Crippen LogP contribution in [0.2, 0.25) is 5.02 Å². The Hall–Kier alpha value is -2.20. The van der Waals surface area contributed by atoms with Crippen molar-refractivity contribution < 1.29 is 14.6 Å². The Balaban J connectivity index is 1.74. The number of aryl methyl sites for hydroxylation is 1. The second-order valence-corrected chi connectivity index (χ2v) is 5.36. The topological polar surface area (TPSA) is 58.6 Å². The minimum atomic E-state index is -0.155. The van der Waals surface area contributed by atoms with Gasteiger partial charge in [0.05, 0.1) is 12.3 Å². The van der Waals surface area contributed by atoms with Crippen molar-refractivity contribution in [2.75, 3.05) is 11.9 Å². The van der Waals surface area contributed by atoms with Crippen LogP contribution in [-0.4, -0.2) is 17.6 Å². The van der Waals surface area contributed by atoms with Gasteiger partial charge in [0.15, 0.2) is 0 Å². The molecule has 0 saturated carbocycles. The Labute approximate surface area is 134 Å². The van der Waals surface area contributed by atoms with E-state index in [1.807, 2.05) is 19.1 Å². The quantitative estimate of drug-likeness (QED) is 0.621. The summed E-state index contributed by atoms with van der Waals surface area (Å²) in [5.74, 6) is 0.673. The highest BCUT2D eigenvalue weighted by Crippen LogP contribution is 2.23. The number of carbonyl (C=O) groups is 1. The van der Waals surface area contributed by atoms with Crippen molar-refractivity contribution in [2.45, 2.75) is 19.8 Å². The number of benzene rings is 2.